The van der Waals surface area contributed by atoms with Gasteiger partial charge in [-0.25, -0.2) is 4.98 Å². The van der Waals surface area contributed by atoms with Crippen LogP contribution in [0.5, 0.6) is 0 Å². The first kappa shape index (κ1) is 10.6. The number of fused-ring (bicyclic) bond motifs is 1. The fraction of sp³-hybridized carbons (Fsp3) is 0. The molecule has 0 bridgehead atoms. The Morgan fingerprint density at radius 1 is 1.06 bits per heavy atom. The number of hydrogen-bond donors (Lipinski definition) is 0. The summed E-state index contributed by atoms with van der Waals surface area (Å²) in [4.78, 5) is 4.25. The summed E-state index contributed by atoms with van der Waals surface area (Å²) >= 11 is 12.1. The normalized spacial score (nSPS) is 10.9. The van der Waals surface area contributed by atoms with Crippen molar-refractivity contribution in [2.75, 3.05) is 0 Å². The van der Waals surface area contributed by atoms with E-state index >= 15 is 0 Å². The minimum Gasteiger partial charge on any atom is -0.300 e. The van der Waals surface area contributed by atoms with Gasteiger partial charge in [0.25, 0.3) is 0 Å². The number of benzene rings is 1. The number of pyridine rings is 1. The van der Waals surface area contributed by atoms with Crippen molar-refractivity contribution in [3.63, 3.8) is 0 Å². The van der Waals surface area contributed by atoms with Crippen molar-refractivity contribution in [3.05, 3.63) is 58.8 Å². The second kappa shape index (κ2) is 4.06. The van der Waals surface area contributed by atoms with Crippen LogP contribution in [-0.4, -0.2) is 9.38 Å². The first-order valence-corrected chi connectivity index (χ1v) is 5.89. The van der Waals surface area contributed by atoms with Crippen LogP contribution in [0.2, 0.25) is 10.0 Å². The third-order valence-electron chi connectivity index (χ3n) is 2.64. The molecular formula is C13H8Cl2N2. The molecule has 0 aliphatic carbocycles. The molecule has 0 fully saturated rings. The summed E-state index contributed by atoms with van der Waals surface area (Å²) in [6, 6.07) is 11.4. The lowest BCUT2D eigenvalue weighted by Gasteiger charge is -2.07. The maximum atomic E-state index is 6.21. The second-order valence-corrected chi connectivity index (χ2v) is 4.53. The molecule has 2 aromatic heterocycles. The Balaban J connectivity index is 2.30. The molecule has 3 aromatic rings. The molecular weight excluding hydrogens is 255 g/mol. The van der Waals surface area contributed by atoms with Gasteiger partial charge in [0.1, 0.15) is 5.65 Å². The molecule has 0 atom stereocenters. The van der Waals surface area contributed by atoms with Gasteiger partial charge in [-0.3, -0.25) is 4.40 Å². The zero-order valence-electron chi connectivity index (χ0n) is 8.77. The number of nitrogens with zero attached hydrogens (tertiary/aromatic N) is 2. The van der Waals surface area contributed by atoms with Crippen LogP contribution < -0.4 is 0 Å². The van der Waals surface area contributed by atoms with E-state index in [0.717, 1.165) is 16.9 Å². The molecule has 0 spiro atoms. The van der Waals surface area contributed by atoms with Crippen molar-refractivity contribution in [2.45, 2.75) is 0 Å². The van der Waals surface area contributed by atoms with Gasteiger partial charge in [-0.2, -0.15) is 0 Å². The average Bonchev–Trinajstić information content (AvgIpc) is 2.77. The lowest BCUT2D eigenvalue weighted by atomic mass is 10.1. The summed E-state index contributed by atoms with van der Waals surface area (Å²) in [6.07, 6.45) is 3.68. The van der Waals surface area contributed by atoms with Gasteiger partial charge in [0.15, 0.2) is 0 Å². The standard InChI is InChI=1S/C13H8Cl2N2/c14-9-4-5-10(11(15)8-9)12-2-1-3-13-16-6-7-17(12)13/h1-8H. The van der Waals surface area contributed by atoms with Gasteiger partial charge in [0, 0.05) is 23.0 Å². The topological polar surface area (TPSA) is 17.3 Å². The van der Waals surface area contributed by atoms with Gasteiger partial charge in [-0.15, -0.1) is 0 Å². The molecule has 0 aliphatic heterocycles. The highest BCUT2D eigenvalue weighted by atomic mass is 35.5. The maximum Gasteiger partial charge on any atom is 0.137 e. The van der Waals surface area contributed by atoms with Gasteiger partial charge in [0.2, 0.25) is 0 Å². The fourth-order valence-electron chi connectivity index (χ4n) is 1.86. The van der Waals surface area contributed by atoms with E-state index in [1.165, 1.54) is 0 Å². The summed E-state index contributed by atoms with van der Waals surface area (Å²) in [5, 5.41) is 1.27. The van der Waals surface area contributed by atoms with E-state index in [0.29, 0.717) is 10.0 Å². The fourth-order valence-corrected chi connectivity index (χ4v) is 2.37. The molecule has 4 heteroatoms. The Hall–Kier alpha value is -1.51. The van der Waals surface area contributed by atoms with Crippen molar-refractivity contribution in [1.82, 2.24) is 9.38 Å². The van der Waals surface area contributed by atoms with Crippen LogP contribution in [0.4, 0.5) is 0 Å². The van der Waals surface area contributed by atoms with Gasteiger partial charge in [-0.05, 0) is 30.3 Å². The SMILES string of the molecule is Clc1ccc(-c2cccc3nccn23)c(Cl)c1. The molecule has 0 N–H and O–H groups in total. The van der Waals surface area contributed by atoms with Crippen molar-refractivity contribution in [1.29, 1.82) is 0 Å². The van der Waals surface area contributed by atoms with Crippen LogP contribution >= 0.6 is 23.2 Å². The average molecular weight is 263 g/mol. The third kappa shape index (κ3) is 1.79. The Kier molecular flexibility index (Phi) is 2.54. The highest BCUT2D eigenvalue weighted by molar-refractivity contribution is 6.36. The van der Waals surface area contributed by atoms with E-state index in [4.69, 9.17) is 23.2 Å². The van der Waals surface area contributed by atoms with E-state index < -0.39 is 0 Å². The lowest BCUT2D eigenvalue weighted by Crippen LogP contribution is -1.90. The van der Waals surface area contributed by atoms with Gasteiger partial charge in [0.05, 0.1) is 10.7 Å². The van der Waals surface area contributed by atoms with E-state index in [9.17, 15) is 0 Å². The Morgan fingerprint density at radius 3 is 2.76 bits per heavy atom. The van der Waals surface area contributed by atoms with Crippen molar-refractivity contribution in [3.8, 4) is 11.3 Å². The van der Waals surface area contributed by atoms with Crippen LogP contribution in [0.15, 0.2) is 48.8 Å². The Bertz CT molecular complexity index is 689. The van der Waals surface area contributed by atoms with E-state index in [-0.39, 0.29) is 0 Å². The van der Waals surface area contributed by atoms with Crippen molar-refractivity contribution < 1.29 is 0 Å². The predicted octanol–water partition coefficient (Wildman–Crippen LogP) is 4.31. The largest absolute Gasteiger partial charge is 0.300 e. The molecule has 0 unspecified atom stereocenters. The number of imidazole rings is 1. The lowest BCUT2D eigenvalue weighted by molar-refractivity contribution is 1.19. The number of hydrogen-bond acceptors (Lipinski definition) is 1. The summed E-state index contributed by atoms with van der Waals surface area (Å²) in [5.41, 5.74) is 2.84. The molecule has 0 amide bonds. The summed E-state index contributed by atoms with van der Waals surface area (Å²) < 4.78 is 2.00. The molecule has 0 saturated carbocycles. The summed E-state index contributed by atoms with van der Waals surface area (Å²) in [6.45, 7) is 0. The van der Waals surface area contributed by atoms with Crippen LogP contribution in [0, 0.1) is 0 Å². The van der Waals surface area contributed by atoms with Crippen LogP contribution in [0.1, 0.15) is 0 Å². The summed E-state index contributed by atoms with van der Waals surface area (Å²) in [7, 11) is 0. The zero-order valence-corrected chi connectivity index (χ0v) is 10.3. The smallest absolute Gasteiger partial charge is 0.137 e. The van der Waals surface area contributed by atoms with Crippen LogP contribution in [0.3, 0.4) is 0 Å². The van der Waals surface area contributed by atoms with E-state index in [1.807, 2.05) is 40.9 Å². The van der Waals surface area contributed by atoms with Crippen molar-refractivity contribution in [2.24, 2.45) is 0 Å². The Labute approximate surface area is 108 Å². The van der Waals surface area contributed by atoms with Gasteiger partial charge >= 0.3 is 0 Å². The van der Waals surface area contributed by atoms with E-state index in [1.54, 1.807) is 12.3 Å². The number of halogens is 2. The quantitative estimate of drug-likeness (QED) is 0.639. The molecule has 0 radical (unpaired) electrons. The van der Waals surface area contributed by atoms with Crippen molar-refractivity contribution >= 4 is 28.8 Å². The summed E-state index contributed by atoms with van der Waals surface area (Å²) in [5.74, 6) is 0. The molecule has 84 valence electrons. The van der Waals surface area contributed by atoms with Crippen LogP contribution in [-0.2, 0) is 0 Å². The van der Waals surface area contributed by atoms with E-state index in [2.05, 4.69) is 4.98 Å². The van der Waals surface area contributed by atoms with Crippen LogP contribution in [0.25, 0.3) is 16.9 Å². The van der Waals surface area contributed by atoms with Gasteiger partial charge < -0.3 is 0 Å². The molecule has 0 saturated heterocycles. The molecule has 3 rings (SSSR count). The number of rotatable bonds is 1. The maximum absolute atomic E-state index is 6.21. The third-order valence-corrected chi connectivity index (χ3v) is 3.18. The monoisotopic (exact) mass is 262 g/mol. The molecule has 1 aromatic carbocycles. The first-order chi connectivity index (χ1) is 8.25. The first-order valence-electron chi connectivity index (χ1n) is 5.13. The second-order valence-electron chi connectivity index (χ2n) is 3.69. The minimum atomic E-state index is 0.636. The highest BCUT2D eigenvalue weighted by Crippen LogP contribution is 2.30. The van der Waals surface area contributed by atoms with Gasteiger partial charge in [-0.1, -0.05) is 29.3 Å². The molecule has 2 heterocycles. The molecule has 17 heavy (non-hydrogen) atoms. The zero-order chi connectivity index (χ0) is 11.8. The highest BCUT2D eigenvalue weighted by Gasteiger charge is 2.07. The Morgan fingerprint density at radius 2 is 1.94 bits per heavy atom. The molecule has 0 aliphatic rings. The predicted molar refractivity (Wildman–Crippen MR) is 70.6 cm³/mol. The number of aromatic nitrogens is 2. The minimum absolute atomic E-state index is 0.636. The molecule has 2 nitrogen and oxygen atoms in total.